The number of likely N-dealkylation sites (N-methyl/N-ethyl adjacent to an activating group) is 1. The van der Waals surface area contributed by atoms with Crippen LogP contribution in [0.3, 0.4) is 0 Å². The maximum atomic E-state index is 12.6. The second kappa shape index (κ2) is 7.03. The lowest BCUT2D eigenvalue weighted by Gasteiger charge is -2.34. The van der Waals surface area contributed by atoms with Crippen LogP contribution in [0.25, 0.3) is 10.9 Å². The van der Waals surface area contributed by atoms with Gasteiger partial charge >= 0.3 is 0 Å². The van der Waals surface area contributed by atoms with Gasteiger partial charge in [0.05, 0.1) is 4.08 Å². The highest BCUT2D eigenvalue weighted by atomic mass is 32.2. The lowest BCUT2D eigenvalue weighted by Crippen LogP contribution is -2.38. The standard InChI is InChI=1S/C16H20F2N2S2.CH4/c1-20-6-2-3-14(20)16(21,22)12-9-19-13-5-4-10(7-11(12)13)8-15(17)18;/h4-5,7,9,14-15,19,21-22H,2-3,6,8H2,1H3;1H4. The minimum absolute atomic E-state index is 0. The van der Waals surface area contributed by atoms with Gasteiger partial charge in [-0.25, -0.2) is 8.78 Å². The van der Waals surface area contributed by atoms with Crippen molar-refractivity contribution in [2.24, 2.45) is 0 Å². The van der Waals surface area contributed by atoms with Gasteiger partial charge < -0.3 is 9.88 Å². The Bertz CT molecular complexity index is 670. The first kappa shape index (κ1) is 18.6. The van der Waals surface area contributed by atoms with Gasteiger partial charge in [-0.15, -0.1) is 0 Å². The Kier molecular flexibility index (Phi) is 5.69. The fourth-order valence-electron chi connectivity index (χ4n) is 3.38. The fourth-order valence-corrected chi connectivity index (χ4v) is 4.40. The molecule has 0 bridgehead atoms. The van der Waals surface area contributed by atoms with E-state index in [1.54, 1.807) is 6.07 Å². The molecule has 1 unspecified atom stereocenters. The van der Waals surface area contributed by atoms with Crippen molar-refractivity contribution in [3.05, 3.63) is 35.5 Å². The molecule has 128 valence electrons. The third-order valence-corrected chi connectivity index (χ3v) is 5.60. The van der Waals surface area contributed by atoms with Gasteiger partial charge in [0.1, 0.15) is 0 Å². The van der Waals surface area contributed by atoms with Gasteiger partial charge in [-0.2, -0.15) is 25.3 Å². The number of aromatic amines is 1. The minimum Gasteiger partial charge on any atom is -0.361 e. The number of thiol groups is 2. The molecule has 6 heteroatoms. The maximum Gasteiger partial charge on any atom is 0.242 e. The van der Waals surface area contributed by atoms with Gasteiger partial charge in [-0.3, -0.25) is 0 Å². The van der Waals surface area contributed by atoms with Crippen LogP contribution in [0.2, 0.25) is 0 Å². The number of halogens is 2. The van der Waals surface area contributed by atoms with E-state index < -0.39 is 10.5 Å². The molecule has 0 radical (unpaired) electrons. The smallest absolute Gasteiger partial charge is 0.242 e. The Morgan fingerprint density at radius 2 is 2.13 bits per heavy atom. The summed E-state index contributed by atoms with van der Waals surface area (Å²) >= 11 is 9.66. The number of aromatic nitrogens is 1. The van der Waals surface area contributed by atoms with Crippen LogP contribution >= 0.6 is 25.3 Å². The number of rotatable bonds is 4. The van der Waals surface area contributed by atoms with Crippen LogP contribution in [0.4, 0.5) is 8.78 Å². The normalized spacial score (nSPS) is 19.5. The summed E-state index contributed by atoms with van der Waals surface area (Å²) in [6.07, 6.45) is 1.51. The largest absolute Gasteiger partial charge is 0.361 e. The van der Waals surface area contributed by atoms with Gasteiger partial charge in [0.25, 0.3) is 0 Å². The molecular weight excluding hydrogens is 334 g/mol. The predicted octanol–water partition coefficient (Wildman–Crippen LogP) is 4.72. The third-order valence-electron chi connectivity index (χ3n) is 4.52. The summed E-state index contributed by atoms with van der Waals surface area (Å²) in [4.78, 5) is 5.48. The van der Waals surface area contributed by atoms with Crippen LogP contribution in [0.15, 0.2) is 24.4 Å². The summed E-state index contributed by atoms with van der Waals surface area (Å²) in [5.74, 6) is 0. The highest BCUT2D eigenvalue weighted by Gasteiger charge is 2.40. The molecule has 1 atom stereocenters. The molecule has 0 aliphatic carbocycles. The average Bonchev–Trinajstić information content (AvgIpc) is 3.04. The molecule has 0 saturated carbocycles. The van der Waals surface area contributed by atoms with E-state index in [0.29, 0.717) is 5.56 Å². The monoisotopic (exact) mass is 358 g/mol. The number of nitrogens with one attached hydrogen (secondary N) is 1. The van der Waals surface area contributed by atoms with Crippen molar-refractivity contribution in [3.8, 4) is 0 Å². The van der Waals surface area contributed by atoms with Crippen molar-refractivity contribution >= 4 is 36.2 Å². The van der Waals surface area contributed by atoms with E-state index in [1.807, 2.05) is 18.3 Å². The molecule has 0 amide bonds. The summed E-state index contributed by atoms with van der Waals surface area (Å²) in [6.45, 7) is 1.03. The van der Waals surface area contributed by atoms with Crippen molar-refractivity contribution in [2.45, 2.75) is 43.2 Å². The van der Waals surface area contributed by atoms with Gasteiger partial charge in [-0.1, -0.05) is 13.5 Å². The molecule has 1 aromatic heterocycles. The van der Waals surface area contributed by atoms with Crippen LogP contribution in [-0.2, 0) is 10.5 Å². The Morgan fingerprint density at radius 3 is 2.74 bits per heavy atom. The van der Waals surface area contributed by atoms with Crippen LogP contribution in [0, 0.1) is 0 Å². The van der Waals surface area contributed by atoms with Gasteiger partial charge in [0.15, 0.2) is 0 Å². The Labute approximate surface area is 147 Å². The zero-order valence-corrected chi connectivity index (χ0v) is 14.2. The Hall–Kier alpha value is -0.720. The minimum atomic E-state index is -2.34. The molecule has 2 nitrogen and oxygen atoms in total. The molecule has 1 N–H and O–H groups in total. The molecule has 1 saturated heterocycles. The van der Waals surface area contributed by atoms with Gasteiger partial charge in [0.2, 0.25) is 6.43 Å². The summed E-state index contributed by atoms with van der Waals surface area (Å²) in [5, 5.41) is 0.934. The number of benzene rings is 1. The van der Waals surface area contributed by atoms with Gasteiger partial charge in [0, 0.05) is 35.1 Å². The van der Waals surface area contributed by atoms with Crippen molar-refractivity contribution < 1.29 is 8.78 Å². The molecule has 23 heavy (non-hydrogen) atoms. The summed E-state index contributed by atoms with van der Waals surface area (Å²) in [6, 6.07) is 5.66. The fraction of sp³-hybridized carbons (Fsp3) is 0.529. The van der Waals surface area contributed by atoms with Gasteiger partial charge in [-0.05, 0) is 44.1 Å². The van der Waals surface area contributed by atoms with E-state index in [-0.39, 0.29) is 19.9 Å². The van der Waals surface area contributed by atoms with Crippen molar-refractivity contribution in [2.75, 3.05) is 13.6 Å². The molecule has 1 fully saturated rings. The van der Waals surface area contributed by atoms with E-state index >= 15 is 0 Å². The number of likely N-dealkylation sites (tertiary alicyclic amines) is 1. The first-order valence-corrected chi connectivity index (χ1v) is 8.32. The lowest BCUT2D eigenvalue weighted by atomic mass is 10.00. The van der Waals surface area contributed by atoms with E-state index in [2.05, 4.69) is 16.9 Å². The topological polar surface area (TPSA) is 19.0 Å². The predicted molar refractivity (Wildman–Crippen MR) is 100 cm³/mol. The molecule has 1 aliphatic heterocycles. The summed E-state index contributed by atoms with van der Waals surface area (Å²) in [7, 11) is 2.08. The Morgan fingerprint density at radius 1 is 1.39 bits per heavy atom. The molecule has 1 aliphatic rings. The SMILES string of the molecule is C.CN1CCCC1C(S)(S)c1c[nH]c2ccc(CC(F)F)cc12. The van der Waals surface area contributed by atoms with E-state index in [1.165, 1.54) is 0 Å². The third kappa shape index (κ3) is 3.54. The first-order valence-electron chi connectivity index (χ1n) is 7.43. The number of alkyl halides is 2. The summed E-state index contributed by atoms with van der Waals surface area (Å²) in [5.41, 5.74) is 2.53. The number of H-pyrrole nitrogens is 1. The zero-order chi connectivity index (χ0) is 15.9. The summed E-state index contributed by atoms with van der Waals surface area (Å²) < 4.78 is 24.6. The number of fused-ring (bicyclic) bond motifs is 1. The second-order valence-electron chi connectivity index (χ2n) is 6.04. The van der Waals surface area contributed by atoms with E-state index in [9.17, 15) is 8.78 Å². The highest BCUT2D eigenvalue weighted by Crippen LogP contribution is 2.45. The van der Waals surface area contributed by atoms with Crippen LogP contribution in [-0.4, -0.2) is 35.9 Å². The van der Waals surface area contributed by atoms with Crippen LogP contribution in [0.5, 0.6) is 0 Å². The van der Waals surface area contributed by atoms with Crippen molar-refractivity contribution in [1.82, 2.24) is 9.88 Å². The van der Waals surface area contributed by atoms with Crippen LogP contribution in [0.1, 0.15) is 31.4 Å². The molecule has 2 aromatic rings. The number of nitrogens with zero attached hydrogens (tertiary/aromatic N) is 1. The molecule has 0 spiro atoms. The quantitative estimate of drug-likeness (QED) is 0.533. The lowest BCUT2D eigenvalue weighted by molar-refractivity contribution is 0.149. The number of hydrogen-bond acceptors (Lipinski definition) is 3. The molecule has 2 heterocycles. The maximum absolute atomic E-state index is 12.6. The molecular formula is C17H24F2N2S2. The van der Waals surface area contributed by atoms with Crippen molar-refractivity contribution in [3.63, 3.8) is 0 Å². The second-order valence-corrected chi connectivity index (χ2v) is 7.81. The van der Waals surface area contributed by atoms with E-state index in [0.717, 1.165) is 35.9 Å². The first-order chi connectivity index (χ1) is 10.4. The average molecular weight is 359 g/mol. The van der Waals surface area contributed by atoms with Crippen molar-refractivity contribution in [1.29, 1.82) is 0 Å². The molecule has 3 rings (SSSR count). The Balaban J connectivity index is 0.00000192. The van der Waals surface area contributed by atoms with Crippen LogP contribution < -0.4 is 0 Å². The zero-order valence-electron chi connectivity index (χ0n) is 12.4. The highest BCUT2D eigenvalue weighted by molar-refractivity contribution is 7.99. The number of hydrogen-bond donors (Lipinski definition) is 3. The van der Waals surface area contributed by atoms with E-state index in [4.69, 9.17) is 25.3 Å². The molecule has 1 aromatic carbocycles.